The van der Waals surface area contributed by atoms with E-state index in [1.54, 1.807) is 41.2 Å². The summed E-state index contributed by atoms with van der Waals surface area (Å²) < 4.78 is 1.78. The number of nitrogens with zero attached hydrogens (tertiary/aromatic N) is 3. The SMILES string of the molecule is O=C(Nc1ccc(NC(=O)c2cccs2)cc1)c1cn(C2CCNCC2)nn1. The van der Waals surface area contributed by atoms with Gasteiger partial charge in [-0.1, -0.05) is 11.3 Å². The average molecular weight is 396 g/mol. The van der Waals surface area contributed by atoms with Crippen LogP contribution in [0.1, 0.15) is 39.0 Å². The predicted octanol–water partition coefficient (Wildman–Crippen LogP) is 2.77. The highest BCUT2D eigenvalue weighted by atomic mass is 32.1. The molecular weight excluding hydrogens is 376 g/mol. The number of piperidine rings is 1. The molecule has 1 saturated heterocycles. The van der Waals surface area contributed by atoms with Gasteiger partial charge >= 0.3 is 0 Å². The first-order valence-electron chi connectivity index (χ1n) is 9.08. The number of thiophene rings is 1. The van der Waals surface area contributed by atoms with Crippen molar-refractivity contribution >= 4 is 34.5 Å². The van der Waals surface area contributed by atoms with Crippen molar-refractivity contribution in [3.8, 4) is 0 Å². The minimum atomic E-state index is -0.310. The monoisotopic (exact) mass is 396 g/mol. The Kier molecular flexibility index (Phi) is 5.45. The third kappa shape index (κ3) is 4.26. The van der Waals surface area contributed by atoms with E-state index in [0.29, 0.717) is 16.3 Å². The number of aromatic nitrogens is 3. The highest BCUT2D eigenvalue weighted by Crippen LogP contribution is 2.19. The quantitative estimate of drug-likeness (QED) is 0.616. The molecule has 9 heteroatoms. The van der Waals surface area contributed by atoms with Crippen molar-refractivity contribution in [2.24, 2.45) is 0 Å². The van der Waals surface area contributed by atoms with Gasteiger partial charge in [-0.05, 0) is 61.6 Å². The highest BCUT2D eigenvalue weighted by molar-refractivity contribution is 7.12. The fourth-order valence-electron chi connectivity index (χ4n) is 3.06. The van der Waals surface area contributed by atoms with E-state index in [9.17, 15) is 9.59 Å². The summed E-state index contributed by atoms with van der Waals surface area (Å²) in [6, 6.07) is 10.8. The summed E-state index contributed by atoms with van der Waals surface area (Å²) in [7, 11) is 0. The van der Waals surface area contributed by atoms with Crippen molar-refractivity contribution < 1.29 is 9.59 Å². The third-order valence-corrected chi connectivity index (χ3v) is 5.44. The van der Waals surface area contributed by atoms with Gasteiger partial charge in [-0.25, -0.2) is 4.68 Å². The van der Waals surface area contributed by atoms with Crippen LogP contribution < -0.4 is 16.0 Å². The van der Waals surface area contributed by atoms with Gasteiger partial charge in [0.25, 0.3) is 11.8 Å². The van der Waals surface area contributed by atoms with Crippen molar-refractivity contribution in [2.45, 2.75) is 18.9 Å². The number of carbonyl (C=O) groups is 2. The van der Waals surface area contributed by atoms with Crippen LogP contribution in [0.3, 0.4) is 0 Å². The van der Waals surface area contributed by atoms with E-state index in [1.807, 2.05) is 11.4 Å². The number of rotatable bonds is 5. The summed E-state index contributed by atoms with van der Waals surface area (Å²) in [5.41, 5.74) is 1.57. The van der Waals surface area contributed by atoms with Gasteiger partial charge in [0.05, 0.1) is 17.1 Å². The zero-order chi connectivity index (χ0) is 19.3. The summed E-state index contributed by atoms with van der Waals surface area (Å²) in [5.74, 6) is -0.461. The van der Waals surface area contributed by atoms with E-state index in [1.165, 1.54) is 11.3 Å². The molecule has 0 unspecified atom stereocenters. The second-order valence-electron chi connectivity index (χ2n) is 6.53. The molecular formula is C19H20N6O2S. The molecule has 28 heavy (non-hydrogen) atoms. The van der Waals surface area contributed by atoms with Crippen LogP contribution in [-0.4, -0.2) is 39.9 Å². The van der Waals surface area contributed by atoms with Gasteiger partial charge in [-0.15, -0.1) is 16.4 Å². The Morgan fingerprint density at radius 1 is 1.04 bits per heavy atom. The van der Waals surface area contributed by atoms with Crippen LogP contribution in [0, 0.1) is 0 Å². The Labute approximate surface area is 166 Å². The van der Waals surface area contributed by atoms with Crippen LogP contribution in [0.4, 0.5) is 11.4 Å². The molecule has 0 saturated carbocycles. The lowest BCUT2D eigenvalue weighted by Crippen LogP contribution is -2.29. The largest absolute Gasteiger partial charge is 0.321 e. The smallest absolute Gasteiger partial charge is 0.277 e. The molecule has 0 bridgehead atoms. The lowest BCUT2D eigenvalue weighted by molar-refractivity contribution is 0.101. The molecule has 2 aromatic heterocycles. The Balaban J connectivity index is 1.35. The fraction of sp³-hybridized carbons (Fsp3) is 0.263. The van der Waals surface area contributed by atoms with Crippen LogP contribution in [0.2, 0.25) is 0 Å². The van der Waals surface area contributed by atoms with E-state index in [0.717, 1.165) is 25.9 Å². The number of anilines is 2. The average Bonchev–Trinajstić information content (AvgIpc) is 3.42. The van der Waals surface area contributed by atoms with E-state index in [-0.39, 0.29) is 23.6 Å². The van der Waals surface area contributed by atoms with Crippen molar-refractivity contribution in [1.29, 1.82) is 0 Å². The molecule has 0 radical (unpaired) electrons. The summed E-state index contributed by atoms with van der Waals surface area (Å²) >= 11 is 1.38. The van der Waals surface area contributed by atoms with Gasteiger partial charge in [-0.3, -0.25) is 9.59 Å². The number of hydrogen-bond acceptors (Lipinski definition) is 6. The number of hydrogen-bond donors (Lipinski definition) is 3. The van der Waals surface area contributed by atoms with Crippen LogP contribution in [0.15, 0.2) is 48.0 Å². The van der Waals surface area contributed by atoms with E-state index < -0.39 is 0 Å². The molecule has 3 N–H and O–H groups in total. The number of nitrogens with one attached hydrogen (secondary N) is 3. The molecule has 4 rings (SSSR count). The second kappa shape index (κ2) is 8.32. The molecule has 1 aliphatic heterocycles. The Morgan fingerprint density at radius 3 is 2.36 bits per heavy atom. The van der Waals surface area contributed by atoms with Gasteiger partial charge in [0, 0.05) is 11.4 Å². The van der Waals surface area contributed by atoms with E-state index >= 15 is 0 Å². The molecule has 1 aromatic carbocycles. The van der Waals surface area contributed by atoms with Crippen LogP contribution in [0.5, 0.6) is 0 Å². The van der Waals surface area contributed by atoms with Crippen molar-refractivity contribution in [3.63, 3.8) is 0 Å². The summed E-state index contributed by atoms with van der Waals surface area (Å²) in [6.45, 7) is 1.89. The fourth-order valence-corrected chi connectivity index (χ4v) is 3.68. The number of carbonyl (C=O) groups excluding carboxylic acids is 2. The molecule has 2 amide bonds. The van der Waals surface area contributed by atoms with E-state index in [2.05, 4.69) is 26.3 Å². The maximum Gasteiger partial charge on any atom is 0.277 e. The topological polar surface area (TPSA) is 101 Å². The molecule has 0 aliphatic carbocycles. The molecule has 3 heterocycles. The Bertz CT molecular complexity index is 945. The first-order valence-corrected chi connectivity index (χ1v) is 9.96. The summed E-state index contributed by atoms with van der Waals surface area (Å²) in [4.78, 5) is 25.1. The second-order valence-corrected chi connectivity index (χ2v) is 7.48. The molecule has 144 valence electrons. The van der Waals surface area contributed by atoms with Crippen molar-refractivity contribution in [3.05, 3.63) is 58.5 Å². The maximum atomic E-state index is 12.4. The summed E-state index contributed by atoms with van der Waals surface area (Å²) in [5, 5.41) is 18.9. The van der Waals surface area contributed by atoms with E-state index in [4.69, 9.17) is 0 Å². The zero-order valence-electron chi connectivity index (χ0n) is 15.1. The van der Waals surface area contributed by atoms with Gasteiger partial charge in [0.1, 0.15) is 0 Å². The van der Waals surface area contributed by atoms with Gasteiger partial charge in [0.15, 0.2) is 5.69 Å². The molecule has 0 atom stereocenters. The van der Waals surface area contributed by atoms with Crippen LogP contribution >= 0.6 is 11.3 Å². The maximum absolute atomic E-state index is 12.4. The van der Waals surface area contributed by atoms with Crippen LogP contribution in [-0.2, 0) is 0 Å². The van der Waals surface area contributed by atoms with Gasteiger partial charge in [-0.2, -0.15) is 0 Å². The minimum absolute atomic E-state index is 0.152. The lowest BCUT2D eigenvalue weighted by atomic mass is 10.1. The highest BCUT2D eigenvalue weighted by Gasteiger charge is 2.18. The number of amides is 2. The standard InChI is InChI=1S/C19H20N6O2S/c26-18(16-12-25(24-23-16)15-7-9-20-10-8-15)21-13-3-5-14(6-4-13)22-19(27)17-2-1-11-28-17/h1-6,11-12,15,20H,7-10H2,(H,21,26)(H,22,27). The van der Waals surface area contributed by atoms with Crippen LogP contribution in [0.25, 0.3) is 0 Å². The number of benzene rings is 1. The molecule has 1 aliphatic rings. The predicted molar refractivity (Wildman–Crippen MR) is 108 cm³/mol. The first-order chi connectivity index (χ1) is 13.7. The lowest BCUT2D eigenvalue weighted by Gasteiger charge is -2.22. The Morgan fingerprint density at radius 2 is 1.71 bits per heavy atom. The molecule has 1 fully saturated rings. The third-order valence-electron chi connectivity index (χ3n) is 4.57. The normalized spacial score (nSPS) is 14.6. The molecule has 0 spiro atoms. The van der Waals surface area contributed by atoms with Gasteiger partial charge in [0.2, 0.25) is 0 Å². The van der Waals surface area contributed by atoms with Gasteiger partial charge < -0.3 is 16.0 Å². The summed E-state index contributed by atoms with van der Waals surface area (Å²) in [6.07, 6.45) is 3.65. The Hall–Kier alpha value is -3.04. The van der Waals surface area contributed by atoms with Crippen molar-refractivity contribution in [1.82, 2.24) is 20.3 Å². The first kappa shape index (κ1) is 18.3. The van der Waals surface area contributed by atoms with Crippen molar-refractivity contribution in [2.75, 3.05) is 23.7 Å². The zero-order valence-corrected chi connectivity index (χ0v) is 15.9. The molecule has 8 nitrogen and oxygen atoms in total. The molecule has 3 aromatic rings. The minimum Gasteiger partial charge on any atom is -0.321 e.